The van der Waals surface area contributed by atoms with Gasteiger partial charge in [0.15, 0.2) is 6.29 Å². The number of carbonyl (C=O) groups excluding carboxylic acids is 4. The van der Waals surface area contributed by atoms with Gasteiger partial charge in [0.25, 0.3) is 0 Å². The quantitative estimate of drug-likeness (QED) is 0.266. The molecule has 5 atom stereocenters. The molecular weight excluding hydrogens is 352 g/mol. The summed E-state index contributed by atoms with van der Waals surface area (Å²) in [6, 6.07) is 0. The van der Waals surface area contributed by atoms with Gasteiger partial charge in [-0.1, -0.05) is 6.08 Å². The first-order chi connectivity index (χ1) is 13.0. The average Bonchev–Trinajstić information content (AvgIpc) is 2.67. The Morgan fingerprint density at radius 1 is 1.07 bits per heavy atom. The molecule has 0 saturated carbocycles. The molecule has 1 aliphatic heterocycles. The predicted octanol–water partition coefficient (Wildman–Crippen LogP) is 1.53. The van der Waals surface area contributed by atoms with Crippen molar-refractivity contribution >= 4 is 25.1 Å². The molecule has 1 fully saturated rings. The van der Waals surface area contributed by atoms with Crippen LogP contribution in [0.2, 0.25) is 0 Å². The van der Waals surface area contributed by atoms with E-state index in [2.05, 4.69) is 0 Å². The van der Waals surface area contributed by atoms with E-state index < -0.39 is 30.3 Å². The fourth-order valence-corrected chi connectivity index (χ4v) is 3.30. The first-order valence-electron chi connectivity index (χ1n) is 9.55. The molecule has 0 aromatic heterocycles. The highest BCUT2D eigenvalue weighted by atomic mass is 16.6. The van der Waals surface area contributed by atoms with E-state index in [1.165, 1.54) is 0 Å². The zero-order valence-corrected chi connectivity index (χ0v) is 15.6. The van der Waals surface area contributed by atoms with Crippen LogP contribution in [0.1, 0.15) is 57.8 Å². The van der Waals surface area contributed by atoms with E-state index in [9.17, 15) is 29.4 Å². The minimum absolute atomic E-state index is 0.220. The zero-order valence-electron chi connectivity index (χ0n) is 15.6. The SMILES string of the molecule is O=CCCCC(O)C(C=O)CCC=C(C=O)CC(C=O)C1CCCC(O)O1. The molecule has 0 bridgehead atoms. The molecule has 1 aliphatic rings. The Morgan fingerprint density at radius 2 is 1.85 bits per heavy atom. The number of ether oxygens (including phenoxy) is 1. The fraction of sp³-hybridized carbons (Fsp3) is 0.700. The topological polar surface area (TPSA) is 118 Å². The molecule has 1 saturated heterocycles. The monoisotopic (exact) mass is 382 g/mol. The molecule has 0 aromatic rings. The zero-order chi connectivity index (χ0) is 20.1. The van der Waals surface area contributed by atoms with Crippen molar-refractivity contribution in [1.29, 1.82) is 0 Å². The van der Waals surface area contributed by atoms with Gasteiger partial charge in [0.05, 0.1) is 12.2 Å². The molecule has 152 valence electrons. The molecule has 0 spiro atoms. The van der Waals surface area contributed by atoms with Gasteiger partial charge < -0.3 is 29.3 Å². The van der Waals surface area contributed by atoms with E-state index in [-0.39, 0.29) is 6.42 Å². The molecular formula is C20H30O7. The van der Waals surface area contributed by atoms with Gasteiger partial charge in [-0.2, -0.15) is 0 Å². The standard InChI is InChI=1S/C20H30O7/c21-10-2-1-7-18(25)16(13-23)6-3-5-15(12-22)11-17(14-24)19-8-4-9-20(26)27-19/h5,10,12-14,16-20,25-26H,1-4,6-9,11H2. The Hall–Kier alpha value is -1.70. The van der Waals surface area contributed by atoms with Gasteiger partial charge in [-0.15, -0.1) is 0 Å². The Bertz CT molecular complexity index is 503. The van der Waals surface area contributed by atoms with E-state index in [1.54, 1.807) is 6.08 Å². The highest BCUT2D eigenvalue weighted by Crippen LogP contribution is 2.26. The van der Waals surface area contributed by atoms with Crippen LogP contribution in [0.25, 0.3) is 0 Å². The molecule has 0 aliphatic carbocycles. The largest absolute Gasteiger partial charge is 0.392 e. The van der Waals surface area contributed by atoms with Crippen LogP contribution in [0.15, 0.2) is 11.6 Å². The number of allylic oxidation sites excluding steroid dienone is 2. The number of hydrogen-bond donors (Lipinski definition) is 2. The minimum atomic E-state index is -0.871. The Balaban J connectivity index is 2.54. The maximum absolute atomic E-state index is 11.4. The summed E-state index contributed by atoms with van der Waals surface area (Å²) in [5.41, 5.74) is 0.441. The van der Waals surface area contributed by atoms with Crippen molar-refractivity contribution in [3.8, 4) is 0 Å². The van der Waals surface area contributed by atoms with Gasteiger partial charge in [-0.25, -0.2) is 0 Å². The van der Waals surface area contributed by atoms with Crippen LogP contribution in [-0.2, 0) is 23.9 Å². The molecule has 2 N–H and O–H groups in total. The van der Waals surface area contributed by atoms with Gasteiger partial charge in [0, 0.05) is 18.3 Å². The summed E-state index contributed by atoms with van der Waals surface area (Å²) in [6.45, 7) is 0. The van der Waals surface area contributed by atoms with Gasteiger partial charge in [0.1, 0.15) is 25.1 Å². The van der Waals surface area contributed by atoms with Crippen LogP contribution in [-0.4, -0.2) is 53.9 Å². The summed E-state index contributed by atoms with van der Waals surface area (Å²) in [7, 11) is 0. The third-order valence-electron chi connectivity index (χ3n) is 4.94. The second-order valence-electron chi connectivity index (χ2n) is 7.00. The van der Waals surface area contributed by atoms with Gasteiger partial charge in [-0.05, 0) is 56.9 Å². The lowest BCUT2D eigenvalue weighted by atomic mass is 9.89. The van der Waals surface area contributed by atoms with E-state index >= 15 is 0 Å². The number of aliphatic hydroxyl groups is 2. The van der Waals surface area contributed by atoms with E-state index in [0.29, 0.717) is 63.1 Å². The molecule has 1 rings (SSSR count). The van der Waals surface area contributed by atoms with E-state index in [4.69, 9.17) is 4.74 Å². The lowest BCUT2D eigenvalue weighted by molar-refractivity contribution is -0.177. The van der Waals surface area contributed by atoms with Crippen LogP contribution in [0.5, 0.6) is 0 Å². The molecule has 0 amide bonds. The summed E-state index contributed by atoms with van der Waals surface area (Å²) in [4.78, 5) is 44.2. The van der Waals surface area contributed by atoms with Gasteiger partial charge in [0.2, 0.25) is 0 Å². The summed E-state index contributed by atoms with van der Waals surface area (Å²) < 4.78 is 5.40. The smallest absolute Gasteiger partial charge is 0.154 e. The molecule has 27 heavy (non-hydrogen) atoms. The van der Waals surface area contributed by atoms with Gasteiger partial charge in [-0.3, -0.25) is 4.79 Å². The van der Waals surface area contributed by atoms with Crippen LogP contribution >= 0.6 is 0 Å². The molecule has 7 nitrogen and oxygen atoms in total. The van der Waals surface area contributed by atoms with E-state index in [1.807, 2.05) is 0 Å². The third-order valence-corrected chi connectivity index (χ3v) is 4.94. The van der Waals surface area contributed by atoms with Crippen LogP contribution in [0.4, 0.5) is 0 Å². The Kier molecular flexibility index (Phi) is 11.6. The number of aliphatic hydroxyl groups excluding tert-OH is 2. The maximum Gasteiger partial charge on any atom is 0.154 e. The number of aldehydes is 4. The highest BCUT2D eigenvalue weighted by molar-refractivity contribution is 5.74. The average molecular weight is 382 g/mol. The van der Waals surface area contributed by atoms with Crippen molar-refractivity contribution in [2.45, 2.75) is 76.3 Å². The second kappa shape index (κ2) is 13.5. The summed E-state index contributed by atoms with van der Waals surface area (Å²) >= 11 is 0. The molecule has 0 radical (unpaired) electrons. The van der Waals surface area contributed by atoms with Gasteiger partial charge >= 0.3 is 0 Å². The number of hydrogen-bond acceptors (Lipinski definition) is 7. The Labute approximate surface area is 159 Å². The third kappa shape index (κ3) is 8.69. The summed E-state index contributed by atoms with van der Waals surface area (Å²) in [6.07, 6.45) is 6.75. The summed E-state index contributed by atoms with van der Waals surface area (Å²) in [5.74, 6) is -1.06. The normalized spacial score (nSPS) is 23.9. The van der Waals surface area contributed by atoms with Crippen molar-refractivity contribution in [2.24, 2.45) is 11.8 Å². The first kappa shape index (κ1) is 23.3. The second-order valence-corrected chi connectivity index (χ2v) is 7.00. The molecule has 0 aromatic carbocycles. The number of rotatable bonds is 14. The van der Waals surface area contributed by atoms with Crippen molar-refractivity contribution in [2.75, 3.05) is 0 Å². The highest BCUT2D eigenvalue weighted by Gasteiger charge is 2.28. The lowest BCUT2D eigenvalue weighted by Gasteiger charge is -2.30. The summed E-state index contributed by atoms with van der Waals surface area (Å²) in [5, 5.41) is 19.6. The van der Waals surface area contributed by atoms with Crippen LogP contribution in [0.3, 0.4) is 0 Å². The predicted molar refractivity (Wildman–Crippen MR) is 97.8 cm³/mol. The minimum Gasteiger partial charge on any atom is -0.392 e. The van der Waals surface area contributed by atoms with Crippen molar-refractivity contribution in [3.05, 3.63) is 11.6 Å². The lowest BCUT2D eigenvalue weighted by Crippen LogP contribution is -2.34. The molecule has 1 heterocycles. The van der Waals surface area contributed by atoms with Crippen LogP contribution in [0, 0.1) is 11.8 Å². The maximum atomic E-state index is 11.4. The number of unbranched alkanes of at least 4 members (excludes halogenated alkanes) is 1. The Morgan fingerprint density at radius 3 is 2.44 bits per heavy atom. The van der Waals surface area contributed by atoms with Crippen LogP contribution < -0.4 is 0 Å². The molecule has 7 heteroatoms. The van der Waals surface area contributed by atoms with E-state index in [0.717, 1.165) is 19.0 Å². The van der Waals surface area contributed by atoms with Crippen molar-refractivity contribution in [3.63, 3.8) is 0 Å². The number of carbonyl (C=O) groups is 4. The van der Waals surface area contributed by atoms with Crippen molar-refractivity contribution < 1.29 is 34.1 Å². The fourth-order valence-electron chi connectivity index (χ4n) is 3.30. The first-order valence-corrected chi connectivity index (χ1v) is 9.55. The van der Waals surface area contributed by atoms with Crippen molar-refractivity contribution in [1.82, 2.24) is 0 Å². The molecule has 5 unspecified atom stereocenters.